The van der Waals surface area contributed by atoms with E-state index in [4.69, 9.17) is 5.26 Å². The molecule has 0 aromatic heterocycles. The lowest BCUT2D eigenvalue weighted by Gasteiger charge is -2.05. The summed E-state index contributed by atoms with van der Waals surface area (Å²) in [6.45, 7) is 0. The number of carbonyl (C=O) groups is 1. The van der Waals surface area contributed by atoms with E-state index in [0.29, 0.717) is 17.0 Å². The molecule has 100 valence electrons. The Morgan fingerprint density at radius 1 is 1.25 bits per heavy atom. The molecule has 0 bridgehead atoms. The minimum atomic E-state index is -0.0925. The largest absolute Gasteiger partial charge is 0.325 e. The lowest BCUT2D eigenvalue weighted by Crippen LogP contribution is -2.13. The van der Waals surface area contributed by atoms with Gasteiger partial charge in [-0.1, -0.05) is 28.1 Å². The molecule has 0 aliphatic rings. The van der Waals surface area contributed by atoms with Crippen molar-refractivity contribution in [1.82, 2.24) is 0 Å². The van der Waals surface area contributed by atoms with E-state index in [1.54, 1.807) is 24.3 Å². The lowest BCUT2D eigenvalue weighted by atomic mass is 10.2. The molecule has 0 saturated carbocycles. The van der Waals surface area contributed by atoms with Crippen LogP contribution in [0.25, 0.3) is 0 Å². The van der Waals surface area contributed by atoms with Gasteiger partial charge in [-0.3, -0.25) is 4.79 Å². The fraction of sp³-hybridized carbons (Fsp3) is 0.0667. The minimum absolute atomic E-state index is 0.0925. The highest BCUT2D eigenvalue weighted by Crippen LogP contribution is 2.22. The minimum Gasteiger partial charge on any atom is -0.325 e. The Labute approximate surface area is 130 Å². The number of anilines is 1. The molecule has 20 heavy (non-hydrogen) atoms. The van der Waals surface area contributed by atoms with Crippen LogP contribution in [0.4, 0.5) is 5.69 Å². The standard InChI is InChI=1S/C15H11BrN2OS/c16-12-4-2-6-14(8-12)20-10-15(19)18-13-5-1-3-11(7-13)9-17/h1-8H,10H2,(H,18,19). The number of amides is 1. The van der Waals surface area contributed by atoms with Crippen molar-refractivity contribution in [2.24, 2.45) is 0 Å². The van der Waals surface area contributed by atoms with Gasteiger partial charge in [0, 0.05) is 15.1 Å². The summed E-state index contributed by atoms with van der Waals surface area (Å²) >= 11 is 4.86. The molecule has 0 heterocycles. The molecule has 1 amide bonds. The molecule has 5 heteroatoms. The molecule has 0 spiro atoms. The number of rotatable bonds is 4. The van der Waals surface area contributed by atoms with Gasteiger partial charge in [-0.15, -0.1) is 11.8 Å². The Balaban J connectivity index is 1.91. The van der Waals surface area contributed by atoms with E-state index < -0.39 is 0 Å². The third-order valence-corrected chi connectivity index (χ3v) is 3.93. The second-order valence-electron chi connectivity index (χ2n) is 3.99. The van der Waals surface area contributed by atoms with E-state index in [9.17, 15) is 4.79 Å². The number of benzene rings is 2. The maximum absolute atomic E-state index is 11.8. The van der Waals surface area contributed by atoms with Gasteiger partial charge in [0.2, 0.25) is 5.91 Å². The summed E-state index contributed by atoms with van der Waals surface area (Å²) in [4.78, 5) is 12.9. The molecule has 0 fully saturated rings. The molecule has 0 radical (unpaired) electrons. The number of halogens is 1. The van der Waals surface area contributed by atoms with E-state index in [-0.39, 0.29) is 5.91 Å². The third-order valence-electron chi connectivity index (χ3n) is 2.44. The van der Waals surface area contributed by atoms with Gasteiger partial charge in [-0.05, 0) is 36.4 Å². The van der Waals surface area contributed by atoms with Gasteiger partial charge in [0.15, 0.2) is 0 Å². The fourth-order valence-corrected chi connectivity index (χ4v) is 2.88. The zero-order chi connectivity index (χ0) is 14.4. The summed E-state index contributed by atoms with van der Waals surface area (Å²) in [7, 11) is 0. The second-order valence-corrected chi connectivity index (χ2v) is 5.95. The Morgan fingerprint density at radius 3 is 2.80 bits per heavy atom. The topological polar surface area (TPSA) is 52.9 Å². The molecule has 0 atom stereocenters. The van der Waals surface area contributed by atoms with Gasteiger partial charge in [-0.2, -0.15) is 5.26 Å². The highest BCUT2D eigenvalue weighted by molar-refractivity contribution is 9.10. The van der Waals surface area contributed by atoms with Crippen LogP contribution in [0.1, 0.15) is 5.56 Å². The molecule has 2 rings (SSSR count). The summed E-state index contributed by atoms with van der Waals surface area (Å²) in [5.74, 6) is 0.234. The first kappa shape index (κ1) is 14.6. The third kappa shape index (κ3) is 4.41. The predicted molar refractivity (Wildman–Crippen MR) is 84.7 cm³/mol. The SMILES string of the molecule is N#Cc1cccc(NC(=O)CSc2cccc(Br)c2)c1. The second kappa shape index (κ2) is 7.13. The first-order valence-corrected chi connectivity index (χ1v) is 7.63. The molecule has 0 unspecified atom stereocenters. The average molecular weight is 347 g/mol. The maximum atomic E-state index is 11.8. The quantitative estimate of drug-likeness (QED) is 0.849. The molecular formula is C15H11BrN2OS. The van der Waals surface area contributed by atoms with Crippen LogP contribution in [0.2, 0.25) is 0 Å². The average Bonchev–Trinajstić information content (AvgIpc) is 2.45. The van der Waals surface area contributed by atoms with Crippen LogP contribution < -0.4 is 5.32 Å². The van der Waals surface area contributed by atoms with Crippen LogP contribution in [0, 0.1) is 11.3 Å². The van der Waals surface area contributed by atoms with Crippen LogP contribution in [0.5, 0.6) is 0 Å². The Morgan fingerprint density at radius 2 is 2.05 bits per heavy atom. The van der Waals surface area contributed by atoms with Gasteiger partial charge < -0.3 is 5.32 Å². The van der Waals surface area contributed by atoms with E-state index in [1.165, 1.54) is 11.8 Å². The van der Waals surface area contributed by atoms with Crippen molar-refractivity contribution in [3.63, 3.8) is 0 Å². The number of nitriles is 1. The number of hydrogen-bond donors (Lipinski definition) is 1. The van der Waals surface area contributed by atoms with Crippen molar-refractivity contribution in [1.29, 1.82) is 5.26 Å². The monoisotopic (exact) mass is 346 g/mol. The van der Waals surface area contributed by atoms with E-state index >= 15 is 0 Å². The molecule has 2 aromatic carbocycles. The van der Waals surface area contributed by atoms with E-state index in [0.717, 1.165) is 9.37 Å². The van der Waals surface area contributed by atoms with Gasteiger partial charge in [-0.25, -0.2) is 0 Å². The summed E-state index contributed by atoms with van der Waals surface area (Å²) in [5, 5.41) is 11.6. The number of carbonyl (C=O) groups excluding carboxylic acids is 1. The maximum Gasteiger partial charge on any atom is 0.234 e. The van der Waals surface area contributed by atoms with Gasteiger partial charge >= 0.3 is 0 Å². The zero-order valence-electron chi connectivity index (χ0n) is 10.5. The predicted octanol–water partition coefficient (Wildman–Crippen LogP) is 4.05. The first-order chi connectivity index (χ1) is 9.67. The van der Waals surface area contributed by atoms with Gasteiger partial charge in [0.25, 0.3) is 0 Å². The molecule has 0 aliphatic carbocycles. The Kier molecular flexibility index (Phi) is 5.22. The molecule has 1 N–H and O–H groups in total. The first-order valence-electron chi connectivity index (χ1n) is 5.86. The summed E-state index contributed by atoms with van der Waals surface area (Å²) in [5.41, 5.74) is 1.17. The summed E-state index contributed by atoms with van der Waals surface area (Å²) in [6.07, 6.45) is 0. The van der Waals surface area contributed by atoms with Crippen LogP contribution in [0.3, 0.4) is 0 Å². The van der Waals surface area contributed by atoms with Crippen molar-refractivity contribution in [3.8, 4) is 6.07 Å². The molecule has 3 nitrogen and oxygen atoms in total. The number of thioether (sulfide) groups is 1. The lowest BCUT2D eigenvalue weighted by molar-refractivity contribution is -0.113. The fourth-order valence-electron chi connectivity index (χ4n) is 1.57. The van der Waals surface area contributed by atoms with Crippen LogP contribution in [0.15, 0.2) is 57.9 Å². The Bertz CT molecular complexity index is 667. The zero-order valence-corrected chi connectivity index (χ0v) is 12.9. The van der Waals surface area contributed by atoms with Crippen molar-refractivity contribution >= 4 is 39.3 Å². The van der Waals surface area contributed by atoms with E-state index in [1.807, 2.05) is 30.3 Å². The summed E-state index contributed by atoms with van der Waals surface area (Å²) in [6, 6.07) is 16.7. The summed E-state index contributed by atoms with van der Waals surface area (Å²) < 4.78 is 0.990. The normalized spacial score (nSPS) is 9.80. The number of nitrogens with one attached hydrogen (secondary N) is 1. The molecule has 0 aliphatic heterocycles. The van der Waals surface area contributed by atoms with Crippen molar-refractivity contribution in [3.05, 3.63) is 58.6 Å². The number of hydrogen-bond acceptors (Lipinski definition) is 3. The van der Waals surface area contributed by atoms with Gasteiger partial charge in [0.05, 0.1) is 17.4 Å². The Hall–Kier alpha value is -1.77. The number of nitrogens with zero attached hydrogens (tertiary/aromatic N) is 1. The van der Waals surface area contributed by atoms with Crippen LogP contribution >= 0.6 is 27.7 Å². The molecular weight excluding hydrogens is 336 g/mol. The highest BCUT2D eigenvalue weighted by Gasteiger charge is 2.04. The van der Waals surface area contributed by atoms with Gasteiger partial charge in [0.1, 0.15) is 0 Å². The smallest absolute Gasteiger partial charge is 0.234 e. The van der Waals surface area contributed by atoms with Crippen molar-refractivity contribution in [2.45, 2.75) is 4.90 Å². The van der Waals surface area contributed by atoms with Crippen LogP contribution in [-0.2, 0) is 4.79 Å². The highest BCUT2D eigenvalue weighted by atomic mass is 79.9. The molecule has 0 saturated heterocycles. The van der Waals surface area contributed by atoms with Crippen molar-refractivity contribution in [2.75, 3.05) is 11.1 Å². The van der Waals surface area contributed by atoms with E-state index in [2.05, 4.69) is 21.2 Å². The van der Waals surface area contributed by atoms with Crippen molar-refractivity contribution < 1.29 is 4.79 Å². The molecule has 2 aromatic rings. The van der Waals surface area contributed by atoms with Crippen LogP contribution in [-0.4, -0.2) is 11.7 Å².